The van der Waals surface area contributed by atoms with Gasteiger partial charge in [0, 0.05) is 26.6 Å². The van der Waals surface area contributed by atoms with Gasteiger partial charge in [0.25, 0.3) is 0 Å². The zero-order valence-corrected chi connectivity index (χ0v) is 16.1. The zero-order chi connectivity index (χ0) is 15.1. The predicted molar refractivity (Wildman–Crippen MR) is 99.4 cm³/mol. The molecule has 6 heteroatoms. The minimum absolute atomic E-state index is 0. The lowest BCUT2D eigenvalue weighted by molar-refractivity contribution is -0.140. The minimum Gasteiger partial charge on any atom is -0.469 e. The van der Waals surface area contributed by atoms with Crippen molar-refractivity contribution in [3.63, 3.8) is 0 Å². The van der Waals surface area contributed by atoms with Gasteiger partial charge in [0.1, 0.15) is 0 Å². The zero-order valence-electron chi connectivity index (χ0n) is 13.7. The van der Waals surface area contributed by atoms with E-state index in [9.17, 15) is 4.79 Å². The summed E-state index contributed by atoms with van der Waals surface area (Å²) in [5.41, 5.74) is 0. The van der Waals surface area contributed by atoms with E-state index in [2.05, 4.69) is 27.3 Å². The van der Waals surface area contributed by atoms with E-state index in [1.165, 1.54) is 26.4 Å². The first-order valence-corrected chi connectivity index (χ1v) is 7.76. The smallest absolute Gasteiger partial charge is 0.305 e. The first-order valence-electron chi connectivity index (χ1n) is 7.76. The molecule has 0 bridgehead atoms. The van der Waals surface area contributed by atoms with Gasteiger partial charge in [0.15, 0.2) is 5.96 Å². The maximum atomic E-state index is 10.9. The van der Waals surface area contributed by atoms with Crippen LogP contribution in [0.15, 0.2) is 4.99 Å². The van der Waals surface area contributed by atoms with Crippen molar-refractivity contribution in [3.8, 4) is 0 Å². The van der Waals surface area contributed by atoms with Gasteiger partial charge >= 0.3 is 5.97 Å². The Morgan fingerprint density at radius 2 is 1.57 bits per heavy atom. The third kappa shape index (κ3) is 15.7. The highest BCUT2D eigenvalue weighted by atomic mass is 127. The van der Waals surface area contributed by atoms with Crippen LogP contribution < -0.4 is 10.6 Å². The number of hydrogen-bond acceptors (Lipinski definition) is 3. The first-order chi connectivity index (χ1) is 9.74. The van der Waals surface area contributed by atoms with Crippen molar-refractivity contribution in [2.45, 2.75) is 58.3 Å². The molecule has 0 amide bonds. The Kier molecular flexibility index (Phi) is 19.0. The molecule has 2 N–H and O–H groups in total. The molecular weight excluding hydrogens is 381 g/mol. The van der Waals surface area contributed by atoms with Gasteiger partial charge in [-0.25, -0.2) is 0 Å². The van der Waals surface area contributed by atoms with Crippen LogP contribution in [0.5, 0.6) is 0 Å². The minimum atomic E-state index is -0.111. The molecule has 0 fully saturated rings. The molecule has 126 valence electrons. The number of carbonyl (C=O) groups excluding carboxylic acids is 1. The van der Waals surface area contributed by atoms with Crippen molar-refractivity contribution < 1.29 is 9.53 Å². The van der Waals surface area contributed by atoms with Gasteiger partial charge in [-0.2, -0.15) is 0 Å². The van der Waals surface area contributed by atoms with Gasteiger partial charge in [0.05, 0.1) is 7.11 Å². The largest absolute Gasteiger partial charge is 0.469 e. The summed E-state index contributed by atoms with van der Waals surface area (Å²) in [5.74, 6) is 0.774. The van der Waals surface area contributed by atoms with Crippen LogP contribution in [0, 0.1) is 0 Å². The Morgan fingerprint density at radius 1 is 1.00 bits per heavy atom. The molecule has 21 heavy (non-hydrogen) atoms. The fraction of sp³-hybridized carbons (Fsp3) is 0.867. The van der Waals surface area contributed by atoms with E-state index in [-0.39, 0.29) is 29.9 Å². The summed E-state index contributed by atoms with van der Waals surface area (Å²) in [4.78, 5) is 15.1. The molecule has 0 saturated carbocycles. The molecule has 0 aromatic rings. The van der Waals surface area contributed by atoms with Gasteiger partial charge in [0.2, 0.25) is 0 Å². The van der Waals surface area contributed by atoms with Gasteiger partial charge < -0.3 is 15.4 Å². The fourth-order valence-electron chi connectivity index (χ4n) is 1.86. The van der Waals surface area contributed by atoms with Crippen LogP contribution in [0.1, 0.15) is 58.3 Å². The molecule has 5 nitrogen and oxygen atoms in total. The number of hydrogen-bond donors (Lipinski definition) is 2. The molecule has 0 rings (SSSR count). The molecule has 0 saturated heterocycles. The Labute approximate surface area is 146 Å². The monoisotopic (exact) mass is 413 g/mol. The number of aliphatic imine (C=N–C) groups is 1. The molecule has 0 radical (unpaired) electrons. The lowest BCUT2D eigenvalue weighted by Gasteiger charge is -2.11. The standard InChI is InChI=1S/C15H31N3O2.HI/c1-4-5-9-12-17-15(16-2)18-13-10-7-6-8-11-14(19)20-3;/h4-13H2,1-3H3,(H2,16,17,18);1H. The summed E-state index contributed by atoms with van der Waals surface area (Å²) in [7, 11) is 3.23. The summed E-state index contributed by atoms with van der Waals surface area (Å²) < 4.78 is 4.60. The van der Waals surface area contributed by atoms with Crippen LogP contribution in [-0.4, -0.2) is 39.2 Å². The molecule has 0 spiro atoms. The number of nitrogens with one attached hydrogen (secondary N) is 2. The molecule has 0 aromatic carbocycles. The van der Waals surface area contributed by atoms with Gasteiger partial charge in [-0.15, -0.1) is 24.0 Å². The molecule has 0 heterocycles. The second kappa shape index (κ2) is 17.5. The van der Waals surface area contributed by atoms with Crippen LogP contribution >= 0.6 is 24.0 Å². The summed E-state index contributed by atoms with van der Waals surface area (Å²) >= 11 is 0. The van der Waals surface area contributed by atoms with E-state index < -0.39 is 0 Å². The molecular formula is C15H32IN3O2. The molecule has 0 atom stereocenters. The summed E-state index contributed by atoms with van der Waals surface area (Å²) in [6, 6.07) is 0. The number of guanidine groups is 1. The van der Waals surface area contributed by atoms with E-state index in [4.69, 9.17) is 0 Å². The molecule has 0 aliphatic rings. The van der Waals surface area contributed by atoms with Crippen LogP contribution in [0.4, 0.5) is 0 Å². The van der Waals surface area contributed by atoms with Crippen molar-refractivity contribution in [2.75, 3.05) is 27.2 Å². The van der Waals surface area contributed by atoms with Crippen LogP contribution in [0.2, 0.25) is 0 Å². The van der Waals surface area contributed by atoms with E-state index in [0.717, 1.165) is 44.7 Å². The third-order valence-electron chi connectivity index (χ3n) is 3.12. The number of methoxy groups -OCH3 is 1. The quantitative estimate of drug-likeness (QED) is 0.180. The average Bonchev–Trinajstić information content (AvgIpc) is 2.48. The van der Waals surface area contributed by atoms with Crippen molar-refractivity contribution in [2.24, 2.45) is 4.99 Å². The summed E-state index contributed by atoms with van der Waals surface area (Å²) in [6.07, 6.45) is 8.41. The van der Waals surface area contributed by atoms with Crippen molar-refractivity contribution in [1.82, 2.24) is 10.6 Å². The highest BCUT2D eigenvalue weighted by molar-refractivity contribution is 14.0. The van der Waals surface area contributed by atoms with Gasteiger partial charge in [-0.3, -0.25) is 9.79 Å². The number of esters is 1. The topological polar surface area (TPSA) is 62.7 Å². The van der Waals surface area contributed by atoms with Gasteiger partial charge in [-0.05, 0) is 19.3 Å². The van der Waals surface area contributed by atoms with Crippen molar-refractivity contribution >= 4 is 35.9 Å². The second-order valence-electron chi connectivity index (χ2n) is 4.87. The summed E-state index contributed by atoms with van der Waals surface area (Å²) in [5, 5.41) is 6.61. The number of ether oxygens (including phenoxy) is 1. The Morgan fingerprint density at radius 3 is 2.10 bits per heavy atom. The lowest BCUT2D eigenvalue weighted by atomic mass is 10.1. The SMILES string of the molecule is CCCCCNC(=NC)NCCCCCCC(=O)OC.I. The van der Waals surface area contributed by atoms with E-state index in [0.29, 0.717) is 6.42 Å². The molecule has 0 aromatic heterocycles. The summed E-state index contributed by atoms with van der Waals surface area (Å²) in [6.45, 7) is 4.10. The maximum Gasteiger partial charge on any atom is 0.305 e. The van der Waals surface area contributed by atoms with Crippen molar-refractivity contribution in [1.29, 1.82) is 0 Å². The van der Waals surface area contributed by atoms with Crippen LogP contribution in [-0.2, 0) is 9.53 Å². The number of nitrogens with zero attached hydrogens (tertiary/aromatic N) is 1. The number of rotatable bonds is 11. The molecule has 0 unspecified atom stereocenters. The van der Waals surface area contributed by atoms with Crippen LogP contribution in [0.3, 0.4) is 0 Å². The normalized spacial score (nSPS) is 10.7. The highest BCUT2D eigenvalue weighted by Gasteiger charge is 1.99. The number of unbranched alkanes of at least 4 members (excludes halogenated alkanes) is 5. The highest BCUT2D eigenvalue weighted by Crippen LogP contribution is 2.03. The lowest BCUT2D eigenvalue weighted by Crippen LogP contribution is -2.38. The second-order valence-corrected chi connectivity index (χ2v) is 4.87. The number of carbonyl (C=O) groups is 1. The van der Waals surface area contributed by atoms with E-state index in [1.807, 2.05) is 0 Å². The average molecular weight is 413 g/mol. The Balaban J connectivity index is 0. The molecule has 0 aliphatic carbocycles. The fourth-order valence-corrected chi connectivity index (χ4v) is 1.86. The Bertz CT molecular complexity index is 274. The first kappa shape index (κ1) is 22.7. The van der Waals surface area contributed by atoms with E-state index in [1.54, 1.807) is 7.05 Å². The van der Waals surface area contributed by atoms with Crippen molar-refractivity contribution in [3.05, 3.63) is 0 Å². The maximum absolute atomic E-state index is 10.9. The van der Waals surface area contributed by atoms with Crippen LogP contribution in [0.25, 0.3) is 0 Å². The molecule has 0 aliphatic heterocycles. The predicted octanol–water partition coefficient (Wildman–Crippen LogP) is 3.08. The third-order valence-corrected chi connectivity index (χ3v) is 3.12. The van der Waals surface area contributed by atoms with E-state index >= 15 is 0 Å². The number of halogens is 1. The van der Waals surface area contributed by atoms with Gasteiger partial charge in [-0.1, -0.05) is 32.6 Å². The Hall–Kier alpha value is -0.530.